The number of ether oxygens (including phenoxy) is 1. The molecular weight excluding hydrogens is 328 g/mol. The van der Waals surface area contributed by atoms with E-state index in [2.05, 4.69) is 9.64 Å². The molecule has 23 heavy (non-hydrogen) atoms. The van der Waals surface area contributed by atoms with Crippen LogP contribution in [0.2, 0.25) is 5.02 Å². The summed E-state index contributed by atoms with van der Waals surface area (Å²) < 4.78 is 28.8. The topological polar surface area (TPSA) is 49.8 Å². The summed E-state index contributed by atoms with van der Waals surface area (Å²) in [5.41, 5.74) is 0.236. The molecule has 126 valence electrons. The van der Waals surface area contributed by atoms with Crippen LogP contribution in [-0.4, -0.2) is 35.7 Å². The maximum Gasteiger partial charge on any atom is 0.387 e. The smallest absolute Gasteiger partial charge is 0.387 e. The molecule has 0 aromatic heterocycles. The first-order valence-corrected chi connectivity index (χ1v) is 7.97. The maximum absolute atomic E-state index is 12.2. The van der Waals surface area contributed by atoms with Gasteiger partial charge in [-0.1, -0.05) is 24.1 Å². The molecule has 4 nitrogen and oxygen atoms in total. The van der Waals surface area contributed by atoms with Gasteiger partial charge in [0.05, 0.1) is 10.4 Å². The minimum Gasteiger partial charge on any atom is -0.481 e. The average molecular weight is 346 g/mol. The fourth-order valence-corrected chi connectivity index (χ4v) is 4.20. The maximum atomic E-state index is 12.2. The molecule has 2 atom stereocenters. The highest BCUT2D eigenvalue weighted by Crippen LogP contribution is 2.49. The molecule has 2 aliphatic rings. The molecule has 1 aromatic carbocycles. The normalized spacial score (nSPS) is 27.4. The Morgan fingerprint density at radius 1 is 1.52 bits per heavy atom. The number of aliphatic carboxylic acids is 1. The zero-order chi connectivity index (χ0) is 16.6. The summed E-state index contributed by atoms with van der Waals surface area (Å²) in [6.07, 6.45) is 2.65. The van der Waals surface area contributed by atoms with Gasteiger partial charge in [-0.2, -0.15) is 8.78 Å². The van der Waals surface area contributed by atoms with Crippen LogP contribution < -0.4 is 4.74 Å². The molecule has 1 N–H and O–H groups in total. The van der Waals surface area contributed by atoms with E-state index in [1.54, 1.807) is 12.1 Å². The average Bonchev–Trinajstić information content (AvgIpc) is 2.99. The van der Waals surface area contributed by atoms with Gasteiger partial charge in [0.1, 0.15) is 5.75 Å². The number of nitrogens with zero attached hydrogens (tertiary/aromatic N) is 1. The number of carbonyl (C=O) groups is 1. The lowest BCUT2D eigenvalue weighted by molar-refractivity contribution is -0.149. The van der Waals surface area contributed by atoms with Crippen LogP contribution in [0.1, 0.15) is 24.8 Å². The summed E-state index contributed by atoms with van der Waals surface area (Å²) in [4.78, 5) is 13.8. The quantitative estimate of drug-likeness (QED) is 0.885. The minimum atomic E-state index is -2.91. The van der Waals surface area contributed by atoms with E-state index in [9.17, 15) is 18.7 Å². The summed E-state index contributed by atoms with van der Waals surface area (Å²) in [6.45, 7) is -1.08. The number of likely N-dealkylation sites (tertiary alicyclic amines) is 1. The molecule has 1 aromatic rings. The zero-order valence-electron chi connectivity index (χ0n) is 12.5. The second-order valence-corrected chi connectivity index (χ2v) is 6.77. The Morgan fingerprint density at radius 3 is 2.91 bits per heavy atom. The molecule has 3 rings (SSSR count). The Hall–Kier alpha value is -1.40. The number of hydrogen-bond donors (Lipinski definition) is 1. The van der Waals surface area contributed by atoms with Crippen molar-refractivity contribution < 1.29 is 23.4 Å². The fourth-order valence-electron chi connectivity index (χ4n) is 3.96. The second-order valence-electron chi connectivity index (χ2n) is 6.36. The van der Waals surface area contributed by atoms with E-state index in [1.807, 2.05) is 0 Å². The predicted molar refractivity (Wildman–Crippen MR) is 80.8 cm³/mol. The largest absolute Gasteiger partial charge is 0.481 e. The molecule has 0 bridgehead atoms. The van der Waals surface area contributed by atoms with Crippen molar-refractivity contribution in [1.82, 2.24) is 4.90 Å². The van der Waals surface area contributed by atoms with Gasteiger partial charge in [0.25, 0.3) is 0 Å². The van der Waals surface area contributed by atoms with Crippen LogP contribution in [0.4, 0.5) is 8.78 Å². The zero-order valence-corrected chi connectivity index (χ0v) is 13.2. The van der Waals surface area contributed by atoms with Gasteiger partial charge in [-0.15, -0.1) is 0 Å². The summed E-state index contributed by atoms with van der Waals surface area (Å²) in [5, 5.41) is 9.72. The second kappa shape index (κ2) is 6.24. The van der Waals surface area contributed by atoms with Crippen LogP contribution in [0.5, 0.6) is 5.75 Å². The lowest BCUT2D eigenvalue weighted by Crippen LogP contribution is -2.35. The number of fused-ring (bicyclic) bond motifs is 1. The van der Waals surface area contributed by atoms with Crippen molar-refractivity contribution in [1.29, 1.82) is 0 Å². The first kappa shape index (κ1) is 16.5. The number of hydrogen-bond acceptors (Lipinski definition) is 3. The Morgan fingerprint density at radius 2 is 2.30 bits per heavy atom. The summed E-state index contributed by atoms with van der Waals surface area (Å²) in [6, 6.07) is 4.71. The molecule has 1 aliphatic carbocycles. The SMILES string of the molecule is O=C(O)[C@@]12CCC[C@H]1CN(Cc1ccc(OC(F)F)c(Cl)c1)C2. The molecule has 0 spiro atoms. The number of rotatable bonds is 5. The van der Waals surface area contributed by atoms with Crippen LogP contribution in [0.25, 0.3) is 0 Å². The molecule has 0 amide bonds. The lowest BCUT2D eigenvalue weighted by atomic mass is 9.81. The van der Waals surface area contributed by atoms with Gasteiger partial charge >= 0.3 is 12.6 Å². The van der Waals surface area contributed by atoms with E-state index in [0.29, 0.717) is 13.1 Å². The minimum absolute atomic E-state index is 0.0503. The van der Waals surface area contributed by atoms with Crippen molar-refractivity contribution in [2.45, 2.75) is 32.4 Å². The third kappa shape index (κ3) is 3.15. The number of carboxylic acid groups (broad SMARTS) is 1. The Bertz CT molecular complexity index is 613. The molecule has 2 fully saturated rings. The van der Waals surface area contributed by atoms with Crippen LogP contribution >= 0.6 is 11.6 Å². The molecule has 1 saturated heterocycles. The number of carboxylic acids is 1. The van der Waals surface area contributed by atoms with E-state index in [4.69, 9.17) is 11.6 Å². The first-order chi connectivity index (χ1) is 10.9. The molecular formula is C16H18ClF2NO3. The van der Waals surface area contributed by atoms with Crippen molar-refractivity contribution in [2.75, 3.05) is 13.1 Å². The third-order valence-corrected chi connectivity index (χ3v) is 5.28. The molecule has 1 saturated carbocycles. The van der Waals surface area contributed by atoms with E-state index < -0.39 is 18.0 Å². The van der Waals surface area contributed by atoms with Gasteiger partial charge in [0.15, 0.2) is 0 Å². The van der Waals surface area contributed by atoms with E-state index in [-0.39, 0.29) is 16.7 Å². The highest BCUT2D eigenvalue weighted by molar-refractivity contribution is 6.32. The third-order valence-electron chi connectivity index (χ3n) is 4.99. The standard InChI is InChI=1S/C16H18ClF2NO3/c17-12-6-10(3-4-13(12)23-15(18)19)7-20-8-11-2-1-5-16(11,9-20)14(21)22/h3-4,6,11,15H,1-2,5,7-9H2,(H,21,22)/t11-,16+/m0/s1. The number of benzene rings is 1. The van der Waals surface area contributed by atoms with Crippen molar-refractivity contribution in [2.24, 2.45) is 11.3 Å². The van der Waals surface area contributed by atoms with Gasteiger partial charge in [0.2, 0.25) is 0 Å². The molecule has 0 radical (unpaired) electrons. The highest BCUT2D eigenvalue weighted by atomic mass is 35.5. The van der Waals surface area contributed by atoms with Gasteiger partial charge in [-0.25, -0.2) is 0 Å². The van der Waals surface area contributed by atoms with Gasteiger partial charge in [0, 0.05) is 19.6 Å². The van der Waals surface area contributed by atoms with E-state index >= 15 is 0 Å². The van der Waals surface area contributed by atoms with Gasteiger partial charge in [-0.3, -0.25) is 9.69 Å². The Balaban J connectivity index is 1.69. The van der Waals surface area contributed by atoms with Crippen molar-refractivity contribution in [3.05, 3.63) is 28.8 Å². The molecule has 0 unspecified atom stereocenters. The van der Waals surface area contributed by atoms with Crippen LogP contribution in [0, 0.1) is 11.3 Å². The van der Waals surface area contributed by atoms with Gasteiger partial charge < -0.3 is 9.84 Å². The molecule has 1 aliphatic heterocycles. The monoisotopic (exact) mass is 345 g/mol. The fraction of sp³-hybridized carbons (Fsp3) is 0.562. The summed E-state index contributed by atoms with van der Waals surface area (Å²) in [5.74, 6) is -0.566. The Kier molecular flexibility index (Phi) is 4.47. The van der Waals surface area contributed by atoms with Crippen LogP contribution in [-0.2, 0) is 11.3 Å². The number of halogens is 3. The van der Waals surface area contributed by atoms with E-state index in [0.717, 1.165) is 31.4 Å². The van der Waals surface area contributed by atoms with Gasteiger partial charge in [-0.05, 0) is 36.5 Å². The first-order valence-electron chi connectivity index (χ1n) is 7.60. The van der Waals surface area contributed by atoms with Crippen LogP contribution in [0.3, 0.4) is 0 Å². The van der Waals surface area contributed by atoms with Crippen molar-refractivity contribution in [3.63, 3.8) is 0 Å². The lowest BCUT2D eigenvalue weighted by Gasteiger charge is -2.23. The summed E-state index contributed by atoms with van der Waals surface area (Å²) >= 11 is 5.96. The van der Waals surface area contributed by atoms with Crippen molar-refractivity contribution >= 4 is 17.6 Å². The van der Waals surface area contributed by atoms with Crippen molar-refractivity contribution in [3.8, 4) is 5.75 Å². The van der Waals surface area contributed by atoms with E-state index in [1.165, 1.54) is 6.07 Å². The highest BCUT2D eigenvalue weighted by Gasteiger charge is 2.54. The summed E-state index contributed by atoms with van der Waals surface area (Å²) in [7, 11) is 0. The van der Waals surface area contributed by atoms with Crippen LogP contribution in [0.15, 0.2) is 18.2 Å². The molecule has 7 heteroatoms. The Labute approximate surface area is 138 Å². The predicted octanol–water partition coefficient (Wildman–Crippen LogP) is 3.63. The molecule has 1 heterocycles. The number of alkyl halides is 2.